The number of H-pyrrole nitrogens is 1. The maximum atomic E-state index is 5.66. The normalized spacial score (nSPS) is 13.3. The van der Waals surface area contributed by atoms with E-state index in [4.69, 9.17) is 5.73 Å². The van der Waals surface area contributed by atoms with Crippen LogP contribution >= 0.6 is 0 Å². The van der Waals surface area contributed by atoms with Gasteiger partial charge in [0.15, 0.2) is 5.82 Å². The number of imidazole rings is 1. The van der Waals surface area contributed by atoms with Crippen molar-refractivity contribution >= 4 is 18.0 Å². The van der Waals surface area contributed by atoms with Gasteiger partial charge in [0.25, 0.3) is 0 Å². The van der Waals surface area contributed by atoms with Gasteiger partial charge in [-0.15, -0.1) is 0 Å². The Labute approximate surface area is 99.9 Å². The lowest BCUT2D eigenvalue weighted by atomic mass is 10.3. The average molecular weight is 228 g/mol. The Balaban J connectivity index is 2.59. The highest BCUT2D eigenvalue weighted by atomic mass is 15.0. The minimum atomic E-state index is 0.502. The highest BCUT2D eigenvalue weighted by Crippen LogP contribution is 2.10. The van der Waals surface area contributed by atoms with Crippen LogP contribution < -0.4 is 16.4 Å². The molecule has 0 atom stereocenters. The van der Waals surface area contributed by atoms with Gasteiger partial charge in [0.1, 0.15) is 11.5 Å². The van der Waals surface area contributed by atoms with E-state index >= 15 is 0 Å². The fourth-order valence-electron chi connectivity index (χ4n) is 1.68. The Morgan fingerprint density at radius 1 is 1.35 bits per heavy atom. The van der Waals surface area contributed by atoms with Gasteiger partial charge < -0.3 is 10.7 Å². The highest BCUT2D eigenvalue weighted by Gasteiger charge is 2.03. The van der Waals surface area contributed by atoms with Crippen molar-refractivity contribution in [1.29, 1.82) is 0 Å². The van der Waals surface area contributed by atoms with Gasteiger partial charge in [0, 0.05) is 0 Å². The summed E-state index contributed by atoms with van der Waals surface area (Å²) in [5, 5.41) is 1.99. The summed E-state index contributed by atoms with van der Waals surface area (Å²) in [6.07, 6.45) is 5.05. The molecule has 0 aliphatic carbocycles. The fraction of sp³-hybridized carbons (Fsp3) is 0.231. The quantitative estimate of drug-likeness (QED) is 0.807. The number of nitrogens with zero attached hydrogens (tertiary/aromatic N) is 2. The Kier molecular flexibility index (Phi) is 3.23. The molecule has 0 aliphatic rings. The number of pyridine rings is 1. The predicted molar refractivity (Wildman–Crippen MR) is 70.4 cm³/mol. The lowest BCUT2D eigenvalue weighted by molar-refractivity contribution is 1.21. The number of nitrogen functional groups attached to an aromatic ring is 1. The zero-order chi connectivity index (χ0) is 12.3. The Hall–Kier alpha value is -2.10. The van der Waals surface area contributed by atoms with Crippen LogP contribution in [0.15, 0.2) is 18.2 Å². The van der Waals surface area contributed by atoms with Gasteiger partial charge in [-0.3, -0.25) is 0 Å². The van der Waals surface area contributed by atoms with Gasteiger partial charge in [0.2, 0.25) is 0 Å². The zero-order valence-electron chi connectivity index (χ0n) is 10.1. The maximum Gasteiger partial charge on any atom is 0.157 e. The molecule has 0 saturated carbocycles. The van der Waals surface area contributed by atoms with E-state index in [9.17, 15) is 0 Å². The lowest BCUT2D eigenvalue weighted by Gasteiger charge is -1.96. The molecule has 2 heterocycles. The largest absolute Gasteiger partial charge is 0.384 e. The molecular formula is C13H16N4. The second kappa shape index (κ2) is 4.82. The first-order valence-corrected chi connectivity index (χ1v) is 5.70. The summed E-state index contributed by atoms with van der Waals surface area (Å²) in [6, 6.07) is 5.53. The summed E-state index contributed by atoms with van der Waals surface area (Å²) < 4.78 is 0. The second-order valence-corrected chi connectivity index (χ2v) is 3.73. The summed E-state index contributed by atoms with van der Waals surface area (Å²) >= 11 is 0. The molecule has 88 valence electrons. The minimum absolute atomic E-state index is 0.502. The third-order valence-electron chi connectivity index (χ3n) is 2.46. The summed E-state index contributed by atoms with van der Waals surface area (Å²) in [6.45, 7) is 4.07. The molecule has 0 radical (unpaired) electrons. The molecule has 0 saturated heterocycles. The van der Waals surface area contributed by atoms with Gasteiger partial charge in [-0.25, -0.2) is 9.97 Å². The van der Waals surface area contributed by atoms with Crippen LogP contribution in [0.1, 0.15) is 20.3 Å². The second-order valence-electron chi connectivity index (χ2n) is 3.73. The van der Waals surface area contributed by atoms with E-state index in [0.29, 0.717) is 5.82 Å². The molecule has 2 aromatic rings. The predicted octanol–water partition coefficient (Wildman–Crippen LogP) is 1.04. The van der Waals surface area contributed by atoms with E-state index in [1.807, 2.05) is 25.1 Å². The summed E-state index contributed by atoms with van der Waals surface area (Å²) in [7, 11) is 0. The van der Waals surface area contributed by atoms with Crippen LogP contribution in [0.25, 0.3) is 23.7 Å². The van der Waals surface area contributed by atoms with Gasteiger partial charge in [-0.05, 0) is 25.5 Å². The van der Waals surface area contributed by atoms with Crippen molar-refractivity contribution in [2.75, 3.05) is 5.73 Å². The molecule has 2 rings (SSSR count). The third-order valence-corrected chi connectivity index (χ3v) is 2.46. The van der Waals surface area contributed by atoms with Crippen LogP contribution in [-0.4, -0.2) is 15.0 Å². The lowest BCUT2D eigenvalue weighted by Crippen LogP contribution is -2.23. The van der Waals surface area contributed by atoms with Gasteiger partial charge >= 0.3 is 0 Å². The standard InChI is InChI=1S/C13H16N4/c1-3-6-10-9(4-2)16-13(17-10)11-7-5-8-12(14)15-11/h4-8H,3H2,1-2H3,(H2,14,15)(H,16,17)/b9-4+,10-6+. The summed E-state index contributed by atoms with van der Waals surface area (Å²) in [5.41, 5.74) is 6.43. The number of nitrogens with one attached hydrogen (secondary N) is 1. The van der Waals surface area contributed by atoms with Gasteiger partial charge in [-0.2, -0.15) is 0 Å². The molecule has 0 unspecified atom stereocenters. The molecule has 17 heavy (non-hydrogen) atoms. The Morgan fingerprint density at radius 2 is 2.18 bits per heavy atom. The average Bonchev–Trinajstić information content (AvgIpc) is 2.73. The molecule has 3 N–H and O–H groups in total. The van der Waals surface area contributed by atoms with Crippen LogP contribution in [0.4, 0.5) is 5.82 Å². The molecular weight excluding hydrogens is 212 g/mol. The first-order chi connectivity index (χ1) is 8.24. The van der Waals surface area contributed by atoms with E-state index in [1.54, 1.807) is 6.07 Å². The van der Waals surface area contributed by atoms with E-state index in [1.165, 1.54) is 0 Å². The topological polar surface area (TPSA) is 67.6 Å². The molecule has 4 heteroatoms. The van der Waals surface area contributed by atoms with Crippen molar-refractivity contribution in [2.45, 2.75) is 20.3 Å². The number of nitrogens with two attached hydrogens (primary N) is 1. The van der Waals surface area contributed by atoms with Crippen LogP contribution in [0, 0.1) is 0 Å². The van der Waals surface area contributed by atoms with Crippen molar-refractivity contribution < 1.29 is 0 Å². The van der Waals surface area contributed by atoms with E-state index in [0.717, 1.165) is 28.6 Å². The van der Waals surface area contributed by atoms with Crippen molar-refractivity contribution in [1.82, 2.24) is 15.0 Å². The number of hydrogen-bond acceptors (Lipinski definition) is 3. The summed E-state index contributed by atoms with van der Waals surface area (Å²) in [4.78, 5) is 12.0. The van der Waals surface area contributed by atoms with Crippen molar-refractivity contribution in [3.05, 3.63) is 28.9 Å². The SMILES string of the molecule is C/C=c1/nc(-c2cccc(N)n2)[nH]/c1=C/CC. The van der Waals surface area contributed by atoms with Gasteiger partial charge in [0.05, 0.1) is 10.7 Å². The molecule has 0 aliphatic heterocycles. The van der Waals surface area contributed by atoms with Crippen LogP contribution in [0.5, 0.6) is 0 Å². The molecule has 4 nitrogen and oxygen atoms in total. The van der Waals surface area contributed by atoms with Crippen LogP contribution in [0.2, 0.25) is 0 Å². The Morgan fingerprint density at radius 3 is 2.82 bits per heavy atom. The smallest absolute Gasteiger partial charge is 0.157 e. The maximum absolute atomic E-state index is 5.66. The highest BCUT2D eigenvalue weighted by molar-refractivity contribution is 5.52. The molecule has 0 spiro atoms. The number of anilines is 1. The monoisotopic (exact) mass is 228 g/mol. The zero-order valence-corrected chi connectivity index (χ0v) is 10.1. The molecule has 0 amide bonds. The number of aromatic amines is 1. The first kappa shape index (κ1) is 11.4. The molecule has 2 aromatic heterocycles. The van der Waals surface area contributed by atoms with Crippen LogP contribution in [-0.2, 0) is 0 Å². The van der Waals surface area contributed by atoms with E-state index < -0.39 is 0 Å². The number of aromatic nitrogens is 3. The van der Waals surface area contributed by atoms with Crippen molar-refractivity contribution in [2.24, 2.45) is 0 Å². The van der Waals surface area contributed by atoms with Crippen LogP contribution in [0.3, 0.4) is 0 Å². The molecule has 0 aromatic carbocycles. The summed E-state index contributed by atoms with van der Waals surface area (Å²) in [5.74, 6) is 1.26. The van der Waals surface area contributed by atoms with E-state index in [2.05, 4.69) is 28.0 Å². The minimum Gasteiger partial charge on any atom is -0.384 e. The fourth-order valence-corrected chi connectivity index (χ4v) is 1.68. The number of hydrogen-bond donors (Lipinski definition) is 2. The van der Waals surface area contributed by atoms with E-state index in [-0.39, 0.29) is 0 Å². The van der Waals surface area contributed by atoms with Crippen molar-refractivity contribution in [3.8, 4) is 11.5 Å². The number of rotatable bonds is 2. The Bertz CT molecular complexity index is 625. The first-order valence-electron chi connectivity index (χ1n) is 5.70. The molecule has 0 fully saturated rings. The molecule has 0 bridgehead atoms. The third kappa shape index (κ3) is 2.36. The van der Waals surface area contributed by atoms with Crippen molar-refractivity contribution in [3.63, 3.8) is 0 Å². The van der Waals surface area contributed by atoms with Gasteiger partial charge in [-0.1, -0.05) is 25.1 Å².